The highest BCUT2D eigenvalue weighted by Gasteiger charge is 2.12. The van der Waals surface area contributed by atoms with Crippen LogP contribution < -0.4 is 10.1 Å². The topological polar surface area (TPSA) is 21.3 Å². The Morgan fingerprint density at radius 1 is 1.15 bits per heavy atom. The van der Waals surface area contributed by atoms with Crippen molar-refractivity contribution in [1.82, 2.24) is 5.32 Å². The Labute approximate surface area is 120 Å². The Morgan fingerprint density at radius 2 is 2.05 bits per heavy atom. The molecule has 104 valence electrons. The summed E-state index contributed by atoms with van der Waals surface area (Å²) in [6.07, 6.45) is 2.24. The number of aryl methyl sites for hydroxylation is 2. The molecule has 1 aliphatic heterocycles. The van der Waals surface area contributed by atoms with Crippen LogP contribution >= 0.6 is 0 Å². The van der Waals surface area contributed by atoms with Gasteiger partial charge in [0.25, 0.3) is 0 Å². The molecule has 20 heavy (non-hydrogen) atoms. The summed E-state index contributed by atoms with van der Waals surface area (Å²) < 4.78 is 5.70. The first-order chi connectivity index (χ1) is 9.78. The summed E-state index contributed by atoms with van der Waals surface area (Å²) in [5.74, 6) is 1.06. The molecule has 0 bridgehead atoms. The number of nitrogens with one attached hydrogen (secondary N) is 1. The van der Waals surface area contributed by atoms with Crippen molar-refractivity contribution in [2.24, 2.45) is 0 Å². The zero-order valence-electron chi connectivity index (χ0n) is 12.2. The van der Waals surface area contributed by atoms with Crippen LogP contribution in [0.3, 0.4) is 0 Å². The fourth-order valence-corrected chi connectivity index (χ4v) is 2.83. The Bertz CT molecular complexity index is 619. The van der Waals surface area contributed by atoms with E-state index in [1.807, 2.05) is 7.05 Å². The molecule has 2 aromatic carbocycles. The van der Waals surface area contributed by atoms with Gasteiger partial charge in [-0.15, -0.1) is 0 Å². The van der Waals surface area contributed by atoms with E-state index in [1.165, 1.54) is 27.8 Å². The average Bonchev–Trinajstić information content (AvgIpc) is 2.49. The van der Waals surface area contributed by atoms with Crippen molar-refractivity contribution in [2.75, 3.05) is 13.7 Å². The fourth-order valence-electron chi connectivity index (χ4n) is 2.83. The lowest BCUT2D eigenvalue weighted by Crippen LogP contribution is -2.09. The molecular weight excluding hydrogens is 246 g/mol. The Balaban J connectivity index is 2.05. The van der Waals surface area contributed by atoms with Gasteiger partial charge in [-0.1, -0.05) is 29.8 Å². The van der Waals surface area contributed by atoms with E-state index in [-0.39, 0.29) is 0 Å². The molecule has 0 amide bonds. The second-order valence-electron chi connectivity index (χ2n) is 5.47. The summed E-state index contributed by atoms with van der Waals surface area (Å²) in [5.41, 5.74) is 6.60. The van der Waals surface area contributed by atoms with Crippen molar-refractivity contribution in [3.8, 4) is 16.9 Å². The average molecular weight is 267 g/mol. The lowest BCUT2D eigenvalue weighted by molar-refractivity contribution is 0.288. The van der Waals surface area contributed by atoms with E-state index >= 15 is 0 Å². The van der Waals surface area contributed by atoms with Crippen LogP contribution in [-0.2, 0) is 13.0 Å². The number of fused-ring (bicyclic) bond motifs is 1. The molecule has 0 atom stereocenters. The van der Waals surface area contributed by atoms with Crippen molar-refractivity contribution in [3.05, 3.63) is 53.1 Å². The third-order valence-electron chi connectivity index (χ3n) is 3.85. The van der Waals surface area contributed by atoms with Crippen LogP contribution in [0.4, 0.5) is 0 Å². The summed E-state index contributed by atoms with van der Waals surface area (Å²) in [6.45, 7) is 3.89. The number of benzene rings is 2. The summed E-state index contributed by atoms with van der Waals surface area (Å²) >= 11 is 0. The zero-order valence-corrected chi connectivity index (χ0v) is 12.2. The molecule has 3 rings (SSSR count). The first-order valence-corrected chi connectivity index (χ1v) is 7.28. The first-order valence-electron chi connectivity index (χ1n) is 7.28. The Morgan fingerprint density at radius 3 is 2.90 bits per heavy atom. The summed E-state index contributed by atoms with van der Waals surface area (Å²) in [7, 11) is 1.99. The third-order valence-corrected chi connectivity index (χ3v) is 3.85. The first kappa shape index (κ1) is 13.2. The smallest absolute Gasteiger partial charge is 0.122 e. The highest BCUT2D eigenvalue weighted by molar-refractivity contribution is 5.70. The van der Waals surface area contributed by atoms with Crippen LogP contribution in [0.5, 0.6) is 5.75 Å². The van der Waals surface area contributed by atoms with Gasteiger partial charge in [-0.3, -0.25) is 0 Å². The SMILES string of the molecule is CNCc1ccc(C)cc1-c1ccc2c(c1)CCCO2. The Kier molecular flexibility index (Phi) is 3.75. The van der Waals surface area contributed by atoms with Crippen LogP contribution in [0.25, 0.3) is 11.1 Å². The lowest BCUT2D eigenvalue weighted by atomic mass is 9.94. The van der Waals surface area contributed by atoms with Crippen molar-refractivity contribution in [1.29, 1.82) is 0 Å². The highest BCUT2D eigenvalue weighted by atomic mass is 16.5. The highest BCUT2D eigenvalue weighted by Crippen LogP contribution is 2.32. The predicted octanol–water partition coefficient (Wildman–Crippen LogP) is 3.71. The minimum absolute atomic E-state index is 0.849. The molecule has 1 heterocycles. The van der Waals surface area contributed by atoms with Crippen LogP contribution in [0.2, 0.25) is 0 Å². The quantitative estimate of drug-likeness (QED) is 0.915. The Hall–Kier alpha value is -1.80. The second kappa shape index (κ2) is 5.68. The monoisotopic (exact) mass is 267 g/mol. The van der Waals surface area contributed by atoms with Gasteiger partial charge in [0, 0.05) is 6.54 Å². The van der Waals surface area contributed by atoms with Gasteiger partial charge in [0.15, 0.2) is 0 Å². The molecule has 0 unspecified atom stereocenters. The van der Waals surface area contributed by atoms with Crippen molar-refractivity contribution in [2.45, 2.75) is 26.3 Å². The molecule has 0 saturated carbocycles. The van der Waals surface area contributed by atoms with Gasteiger partial charge in [-0.25, -0.2) is 0 Å². The lowest BCUT2D eigenvalue weighted by Gasteiger charge is -2.19. The molecule has 0 aromatic heterocycles. The van der Waals surface area contributed by atoms with Crippen LogP contribution in [0.1, 0.15) is 23.1 Å². The van der Waals surface area contributed by atoms with E-state index < -0.39 is 0 Å². The van der Waals surface area contributed by atoms with Crippen LogP contribution in [-0.4, -0.2) is 13.7 Å². The number of hydrogen-bond acceptors (Lipinski definition) is 2. The van der Waals surface area contributed by atoms with Gasteiger partial charge >= 0.3 is 0 Å². The van der Waals surface area contributed by atoms with Gasteiger partial charge in [0.05, 0.1) is 6.61 Å². The molecular formula is C18H21NO. The largest absolute Gasteiger partial charge is 0.493 e. The maximum atomic E-state index is 5.70. The van der Waals surface area contributed by atoms with E-state index in [4.69, 9.17) is 4.74 Å². The zero-order chi connectivity index (χ0) is 13.9. The van der Waals surface area contributed by atoms with E-state index in [0.29, 0.717) is 0 Å². The predicted molar refractivity (Wildman–Crippen MR) is 83.2 cm³/mol. The van der Waals surface area contributed by atoms with E-state index in [9.17, 15) is 0 Å². The van der Waals surface area contributed by atoms with E-state index in [0.717, 1.165) is 31.7 Å². The maximum Gasteiger partial charge on any atom is 0.122 e. The van der Waals surface area contributed by atoms with Crippen LogP contribution in [0.15, 0.2) is 36.4 Å². The molecule has 1 N–H and O–H groups in total. The van der Waals surface area contributed by atoms with Crippen molar-refractivity contribution in [3.63, 3.8) is 0 Å². The summed E-state index contributed by atoms with van der Waals surface area (Å²) in [5, 5.41) is 3.25. The number of rotatable bonds is 3. The minimum atomic E-state index is 0.849. The minimum Gasteiger partial charge on any atom is -0.493 e. The third kappa shape index (κ3) is 2.56. The van der Waals surface area contributed by atoms with Gasteiger partial charge in [-0.2, -0.15) is 0 Å². The molecule has 0 spiro atoms. The van der Waals surface area contributed by atoms with E-state index in [1.54, 1.807) is 0 Å². The molecule has 1 aliphatic rings. The van der Waals surface area contributed by atoms with Gasteiger partial charge in [0.1, 0.15) is 5.75 Å². The standard InChI is InChI=1S/C18H21NO/c1-13-5-6-16(12-19-2)17(10-13)14-7-8-18-15(11-14)4-3-9-20-18/h5-8,10-11,19H,3-4,9,12H2,1-2H3. The molecule has 0 saturated heterocycles. The van der Waals surface area contributed by atoms with Gasteiger partial charge in [0.2, 0.25) is 0 Å². The van der Waals surface area contributed by atoms with Crippen LogP contribution in [0, 0.1) is 6.92 Å². The summed E-state index contributed by atoms with van der Waals surface area (Å²) in [6, 6.07) is 13.3. The molecule has 2 nitrogen and oxygen atoms in total. The van der Waals surface area contributed by atoms with Gasteiger partial charge in [-0.05, 0) is 61.2 Å². The normalized spacial score (nSPS) is 13.7. The molecule has 2 heteroatoms. The maximum absolute atomic E-state index is 5.70. The fraction of sp³-hybridized carbons (Fsp3) is 0.333. The molecule has 0 aliphatic carbocycles. The number of hydrogen-bond donors (Lipinski definition) is 1. The van der Waals surface area contributed by atoms with Gasteiger partial charge < -0.3 is 10.1 Å². The molecule has 0 fully saturated rings. The van der Waals surface area contributed by atoms with Crippen molar-refractivity contribution >= 4 is 0 Å². The summed E-state index contributed by atoms with van der Waals surface area (Å²) in [4.78, 5) is 0. The number of ether oxygens (including phenoxy) is 1. The molecule has 2 aromatic rings. The molecule has 0 radical (unpaired) electrons. The van der Waals surface area contributed by atoms with E-state index in [2.05, 4.69) is 48.6 Å². The second-order valence-corrected chi connectivity index (χ2v) is 5.47. The van der Waals surface area contributed by atoms with Crippen molar-refractivity contribution < 1.29 is 4.74 Å².